The van der Waals surface area contributed by atoms with E-state index in [-0.39, 0.29) is 19.0 Å². The number of allylic oxidation sites excluding steroid dienone is 2. The molecule has 0 radical (unpaired) electrons. The Labute approximate surface area is 177 Å². The summed E-state index contributed by atoms with van der Waals surface area (Å²) in [7, 11) is 0. The molecule has 0 aliphatic carbocycles. The quantitative estimate of drug-likeness (QED) is 0.156. The normalized spacial score (nSPS) is 20.4. The maximum atomic E-state index is 9.05. The van der Waals surface area contributed by atoms with Crippen molar-refractivity contribution in [2.45, 2.75) is 109 Å². The molecule has 166 valence electrons. The van der Waals surface area contributed by atoms with Gasteiger partial charge in [-0.25, -0.2) is 0 Å². The lowest BCUT2D eigenvalue weighted by Gasteiger charge is -2.13. The van der Waals surface area contributed by atoms with E-state index in [9.17, 15) is 0 Å². The van der Waals surface area contributed by atoms with Crippen LogP contribution < -0.4 is 0 Å². The average Bonchev–Trinajstić information content (AvgIpc) is 3.10. The van der Waals surface area contributed by atoms with Crippen LogP contribution in [-0.4, -0.2) is 35.4 Å². The summed E-state index contributed by atoms with van der Waals surface area (Å²) in [5, 5.41) is 0. The number of ether oxygens (including phenoxy) is 2. The molecule has 1 fully saturated rings. The summed E-state index contributed by atoms with van der Waals surface area (Å²) in [6, 6.07) is 0. The van der Waals surface area contributed by atoms with E-state index in [1.54, 1.807) is 0 Å². The zero-order chi connectivity index (χ0) is 20.5. The van der Waals surface area contributed by atoms with E-state index in [1.165, 1.54) is 77.0 Å². The molecule has 0 spiro atoms. The third-order valence-electron chi connectivity index (χ3n) is 4.94. The van der Waals surface area contributed by atoms with Gasteiger partial charge in [-0.2, -0.15) is 0 Å². The lowest BCUT2D eigenvalue weighted by Crippen LogP contribution is -2.18. The zero-order valence-corrected chi connectivity index (χ0v) is 19.3. The van der Waals surface area contributed by atoms with Crippen LogP contribution in [0.15, 0.2) is 12.2 Å². The van der Waals surface area contributed by atoms with Gasteiger partial charge in [0.25, 0.3) is 0 Å². The SMILES string of the molecule is CCCCCCCCC=CCCCCCCC[C@@H]1OCC(COP(O)(O)=S)O1. The second kappa shape index (κ2) is 16.9. The molecule has 0 aromatic rings. The molecule has 28 heavy (non-hydrogen) atoms. The fourth-order valence-corrected chi connectivity index (χ4v) is 3.85. The lowest BCUT2D eigenvalue weighted by atomic mass is 10.1. The molecule has 7 heteroatoms. The molecule has 1 unspecified atom stereocenters. The van der Waals surface area contributed by atoms with Crippen LogP contribution in [0.2, 0.25) is 0 Å². The van der Waals surface area contributed by atoms with Crippen LogP contribution in [0.4, 0.5) is 0 Å². The molecule has 0 aromatic carbocycles. The number of rotatable bonds is 18. The monoisotopic (exact) mass is 436 g/mol. The van der Waals surface area contributed by atoms with Gasteiger partial charge < -0.3 is 23.8 Å². The van der Waals surface area contributed by atoms with Gasteiger partial charge in [0.15, 0.2) is 6.29 Å². The van der Waals surface area contributed by atoms with Crippen molar-refractivity contribution in [3.8, 4) is 0 Å². The van der Waals surface area contributed by atoms with Crippen LogP contribution in [0.5, 0.6) is 0 Å². The summed E-state index contributed by atoms with van der Waals surface area (Å²) in [6.45, 7) is -0.837. The number of unbranched alkanes of at least 4 members (excludes halogenated alkanes) is 11. The number of hydrogen-bond acceptors (Lipinski definition) is 4. The van der Waals surface area contributed by atoms with E-state index in [0.717, 1.165) is 12.8 Å². The minimum Gasteiger partial charge on any atom is -0.350 e. The molecule has 0 saturated carbocycles. The van der Waals surface area contributed by atoms with E-state index in [4.69, 9.17) is 23.8 Å². The largest absolute Gasteiger partial charge is 0.350 e. The second-order valence-corrected chi connectivity index (χ2v) is 10.3. The van der Waals surface area contributed by atoms with E-state index >= 15 is 0 Å². The van der Waals surface area contributed by atoms with Crippen molar-refractivity contribution < 1.29 is 23.8 Å². The van der Waals surface area contributed by atoms with Crippen molar-refractivity contribution in [2.75, 3.05) is 13.2 Å². The predicted octanol–water partition coefficient (Wildman–Crippen LogP) is 5.99. The van der Waals surface area contributed by atoms with Crippen LogP contribution in [0.25, 0.3) is 0 Å². The van der Waals surface area contributed by atoms with E-state index < -0.39 is 6.72 Å². The molecular weight excluding hydrogens is 395 g/mol. The van der Waals surface area contributed by atoms with Gasteiger partial charge >= 0.3 is 6.72 Å². The topological polar surface area (TPSA) is 68.2 Å². The Morgan fingerprint density at radius 3 is 2.11 bits per heavy atom. The summed E-state index contributed by atoms with van der Waals surface area (Å²) in [6.07, 6.45) is 21.9. The third-order valence-corrected chi connectivity index (χ3v) is 5.74. The van der Waals surface area contributed by atoms with Crippen LogP contribution in [-0.2, 0) is 25.8 Å². The molecular formula is C21H41O5PS. The van der Waals surface area contributed by atoms with Gasteiger partial charge in [-0.15, -0.1) is 0 Å². The van der Waals surface area contributed by atoms with E-state index in [2.05, 4.69) is 30.9 Å². The highest BCUT2D eigenvalue weighted by molar-refractivity contribution is 8.06. The van der Waals surface area contributed by atoms with Crippen molar-refractivity contribution in [1.29, 1.82) is 0 Å². The Morgan fingerprint density at radius 2 is 1.50 bits per heavy atom. The molecule has 1 rings (SSSR count). The van der Waals surface area contributed by atoms with Crippen LogP contribution >= 0.6 is 6.72 Å². The standard InChI is InChI=1S/C21H41O5PS/c1-2-3-4-5-6-7-8-9-10-11-12-13-14-15-16-17-21-24-18-20(26-21)19-25-27(22,23)28/h9-10,20-21H,2-8,11-19H2,1H3,(H2,22,23,28)/t20?,21-/m1/s1. The van der Waals surface area contributed by atoms with Gasteiger partial charge in [-0.1, -0.05) is 70.4 Å². The first kappa shape index (κ1) is 26.2. The van der Waals surface area contributed by atoms with Crippen molar-refractivity contribution in [3.63, 3.8) is 0 Å². The number of hydrogen-bond donors (Lipinski definition) is 2. The molecule has 1 saturated heterocycles. The molecule has 1 heterocycles. The highest BCUT2D eigenvalue weighted by Gasteiger charge is 2.27. The van der Waals surface area contributed by atoms with Crippen LogP contribution in [0, 0.1) is 0 Å². The average molecular weight is 437 g/mol. The summed E-state index contributed by atoms with van der Waals surface area (Å²) in [4.78, 5) is 18.1. The lowest BCUT2D eigenvalue weighted by molar-refractivity contribution is -0.0691. The Morgan fingerprint density at radius 1 is 0.929 bits per heavy atom. The first-order chi connectivity index (χ1) is 13.5. The Kier molecular flexibility index (Phi) is 15.9. The first-order valence-corrected chi connectivity index (χ1v) is 13.8. The molecule has 2 atom stereocenters. The van der Waals surface area contributed by atoms with Crippen LogP contribution in [0.1, 0.15) is 96.8 Å². The second-order valence-electron chi connectivity index (χ2n) is 7.68. The smallest absolute Gasteiger partial charge is 0.321 e. The molecule has 1 aliphatic rings. The maximum absolute atomic E-state index is 9.05. The molecule has 0 aromatic heterocycles. The highest BCUT2D eigenvalue weighted by Crippen LogP contribution is 2.37. The molecule has 5 nitrogen and oxygen atoms in total. The van der Waals surface area contributed by atoms with Crippen molar-refractivity contribution in [2.24, 2.45) is 0 Å². The summed E-state index contributed by atoms with van der Waals surface area (Å²) < 4.78 is 16.0. The van der Waals surface area contributed by atoms with Gasteiger partial charge in [0.1, 0.15) is 6.10 Å². The molecule has 0 bridgehead atoms. The van der Waals surface area contributed by atoms with Crippen molar-refractivity contribution in [3.05, 3.63) is 12.2 Å². The van der Waals surface area contributed by atoms with Gasteiger partial charge in [-0.3, -0.25) is 0 Å². The highest BCUT2D eigenvalue weighted by atomic mass is 32.5. The minimum atomic E-state index is -3.60. The van der Waals surface area contributed by atoms with Crippen LogP contribution in [0.3, 0.4) is 0 Å². The third kappa shape index (κ3) is 16.0. The summed E-state index contributed by atoms with van der Waals surface area (Å²) >= 11 is 4.42. The van der Waals surface area contributed by atoms with Gasteiger partial charge in [0, 0.05) is 0 Å². The summed E-state index contributed by atoms with van der Waals surface area (Å²) in [5.41, 5.74) is 0. The maximum Gasteiger partial charge on any atom is 0.321 e. The zero-order valence-electron chi connectivity index (χ0n) is 17.6. The van der Waals surface area contributed by atoms with Gasteiger partial charge in [-0.05, 0) is 50.3 Å². The summed E-state index contributed by atoms with van der Waals surface area (Å²) in [5.74, 6) is 0. The Bertz CT molecular complexity index is 441. The Balaban J connectivity index is 1.83. The minimum absolute atomic E-state index is 0.0765. The van der Waals surface area contributed by atoms with Gasteiger partial charge in [0.2, 0.25) is 0 Å². The fourth-order valence-electron chi connectivity index (χ4n) is 3.31. The molecule has 2 N–H and O–H groups in total. The van der Waals surface area contributed by atoms with E-state index in [0.29, 0.717) is 6.61 Å². The molecule has 0 amide bonds. The van der Waals surface area contributed by atoms with E-state index in [1.807, 2.05) is 0 Å². The predicted molar refractivity (Wildman–Crippen MR) is 119 cm³/mol. The van der Waals surface area contributed by atoms with Crippen molar-refractivity contribution in [1.82, 2.24) is 0 Å². The van der Waals surface area contributed by atoms with Gasteiger partial charge in [0.05, 0.1) is 13.2 Å². The first-order valence-electron chi connectivity index (χ1n) is 11.1. The van der Waals surface area contributed by atoms with Crippen molar-refractivity contribution >= 4 is 18.5 Å². The Hall–Kier alpha value is 0.190. The fraction of sp³-hybridized carbons (Fsp3) is 0.905. The molecule has 1 aliphatic heterocycles.